The number of benzene rings is 2. The summed E-state index contributed by atoms with van der Waals surface area (Å²) >= 11 is 0. The number of aliphatic hydroxyl groups is 1. The molecule has 1 aliphatic heterocycles. The van der Waals surface area contributed by atoms with Crippen molar-refractivity contribution in [3.05, 3.63) is 71.9 Å². The highest BCUT2D eigenvalue weighted by molar-refractivity contribution is 5.84. The molecule has 0 radical (unpaired) electrons. The van der Waals surface area contributed by atoms with E-state index in [1.807, 2.05) is 54.6 Å². The van der Waals surface area contributed by atoms with Crippen LogP contribution in [0.1, 0.15) is 50.8 Å². The maximum Gasteiger partial charge on any atom is 0.411 e. The average Bonchev–Trinajstić information content (AvgIpc) is 2.94. The molecule has 1 N–H and O–H groups in total. The Kier molecular flexibility index (Phi) is 9.60. The van der Waals surface area contributed by atoms with E-state index >= 15 is 0 Å². The van der Waals surface area contributed by atoms with Gasteiger partial charge >= 0.3 is 12.1 Å². The maximum atomic E-state index is 13.1. The molecule has 1 fully saturated rings. The van der Waals surface area contributed by atoms with Crippen molar-refractivity contribution in [2.45, 2.75) is 58.0 Å². The van der Waals surface area contributed by atoms with Gasteiger partial charge < -0.3 is 24.2 Å². The zero-order chi connectivity index (χ0) is 28.7. The van der Waals surface area contributed by atoms with Crippen molar-refractivity contribution in [2.75, 3.05) is 33.3 Å². The van der Waals surface area contributed by atoms with Crippen LogP contribution in [0.25, 0.3) is 10.9 Å². The quantitative estimate of drug-likeness (QED) is 0.383. The number of methoxy groups -OCH3 is 1. The Morgan fingerprint density at radius 2 is 1.82 bits per heavy atom. The van der Waals surface area contributed by atoms with Crippen LogP contribution in [0.2, 0.25) is 0 Å². The molecule has 9 heteroatoms. The minimum Gasteiger partial charge on any atom is -0.497 e. The summed E-state index contributed by atoms with van der Waals surface area (Å²) in [5.41, 5.74) is 1.78. The summed E-state index contributed by atoms with van der Waals surface area (Å²) in [5.74, 6) is 0.229. The topological polar surface area (TPSA) is 101 Å². The summed E-state index contributed by atoms with van der Waals surface area (Å²) in [6.45, 7) is 7.14. The number of nitrogens with zero attached hydrogens (tertiary/aromatic N) is 3. The lowest BCUT2D eigenvalue weighted by Crippen LogP contribution is -2.51. The van der Waals surface area contributed by atoms with Crippen LogP contribution in [-0.4, -0.2) is 76.9 Å². The summed E-state index contributed by atoms with van der Waals surface area (Å²) in [6, 6.07) is 16.7. The molecule has 9 nitrogen and oxygen atoms in total. The Hall–Kier alpha value is -3.69. The number of aliphatic hydroxyl groups excluding tert-OH is 1. The fourth-order valence-electron chi connectivity index (χ4n) is 4.91. The predicted octanol–water partition coefficient (Wildman–Crippen LogP) is 4.72. The molecule has 0 spiro atoms. The van der Waals surface area contributed by atoms with E-state index < -0.39 is 23.8 Å². The first-order valence-electron chi connectivity index (χ1n) is 13.6. The summed E-state index contributed by atoms with van der Waals surface area (Å²) in [5, 5.41) is 12.0. The van der Waals surface area contributed by atoms with E-state index in [9.17, 15) is 14.7 Å². The second kappa shape index (κ2) is 13.1. The van der Waals surface area contributed by atoms with Crippen LogP contribution in [0.5, 0.6) is 5.75 Å². The first kappa shape index (κ1) is 29.3. The zero-order valence-electron chi connectivity index (χ0n) is 23.7. The summed E-state index contributed by atoms with van der Waals surface area (Å²) in [6.07, 6.45) is 1.74. The van der Waals surface area contributed by atoms with Gasteiger partial charge in [-0.1, -0.05) is 30.3 Å². The monoisotopic (exact) mass is 549 g/mol. The molecule has 2 heterocycles. The summed E-state index contributed by atoms with van der Waals surface area (Å²) in [4.78, 5) is 33.9. The van der Waals surface area contributed by atoms with Crippen molar-refractivity contribution >= 4 is 23.0 Å². The summed E-state index contributed by atoms with van der Waals surface area (Å²) in [7, 11) is 1.61. The third-order valence-electron chi connectivity index (χ3n) is 6.94. The molecule has 0 aliphatic carbocycles. The first-order valence-corrected chi connectivity index (χ1v) is 13.6. The zero-order valence-corrected chi connectivity index (χ0v) is 23.7. The minimum atomic E-state index is -0.718. The molecule has 1 amide bonds. The van der Waals surface area contributed by atoms with Crippen LogP contribution >= 0.6 is 0 Å². The van der Waals surface area contributed by atoms with Gasteiger partial charge in [-0.25, -0.2) is 4.79 Å². The number of esters is 1. The smallest absolute Gasteiger partial charge is 0.411 e. The lowest BCUT2D eigenvalue weighted by Gasteiger charge is -2.39. The lowest BCUT2D eigenvalue weighted by molar-refractivity contribution is -0.147. The number of carbonyl (C=O) groups excluding carboxylic acids is 2. The van der Waals surface area contributed by atoms with Crippen molar-refractivity contribution in [3.63, 3.8) is 0 Å². The molecule has 1 atom stereocenters. The van der Waals surface area contributed by atoms with Gasteiger partial charge in [-0.05, 0) is 69.0 Å². The fraction of sp³-hybridized carbons (Fsp3) is 0.452. The van der Waals surface area contributed by atoms with E-state index in [1.165, 1.54) is 4.90 Å². The number of likely N-dealkylation sites (tertiary alicyclic amines) is 1. The molecule has 1 aliphatic rings. The standard InChI is InChI=1S/C31H39N3O6/c1-31(2,3)40-30(37)34(20-29(36)39-21-22-8-6-5-7-9-22)23-13-16-33(17-14-23)19-28(35)25-12-15-32-27-11-10-24(38-4)18-26(25)27/h5-12,15,18,23,28,35H,13-14,16-17,19-21H2,1-4H3/t28-/m0/s1. The van der Waals surface area contributed by atoms with Crippen LogP contribution in [0.3, 0.4) is 0 Å². The highest BCUT2D eigenvalue weighted by Crippen LogP contribution is 2.28. The fourth-order valence-corrected chi connectivity index (χ4v) is 4.91. The number of aromatic nitrogens is 1. The van der Waals surface area contributed by atoms with E-state index in [1.54, 1.807) is 34.1 Å². The molecular weight excluding hydrogens is 510 g/mol. The maximum absolute atomic E-state index is 13.1. The van der Waals surface area contributed by atoms with Crippen molar-refractivity contribution in [3.8, 4) is 5.75 Å². The molecule has 3 aromatic rings. The van der Waals surface area contributed by atoms with Crippen LogP contribution in [0.4, 0.5) is 4.79 Å². The van der Waals surface area contributed by atoms with Gasteiger partial charge in [0.15, 0.2) is 0 Å². The number of β-amino-alcohol motifs (C(OH)–C–C–N with tert-alkyl or cyclic N) is 1. The van der Waals surface area contributed by atoms with Gasteiger partial charge in [-0.15, -0.1) is 0 Å². The van der Waals surface area contributed by atoms with E-state index in [4.69, 9.17) is 14.2 Å². The number of carbonyl (C=O) groups is 2. The van der Waals surface area contributed by atoms with Crippen LogP contribution in [-0.2, 0) is 20.9 Å². The second-order valence-corrected chi connectivity index (χ2v) is 11.1. The third kappa shape index (κ3) is 7.92. The van der Waals surface area contributed by atoms with Gasteiger partial charge in [0.25, 0.3) is 0 Å². The van der Waals surface area contributed by atoms with Crippen molar-refractivity contribution in [1.82, 2.24) is 14.8 Å². The van der Waals surface area contributed by atoms with Crippen molar-refractivity contribution in [2.24, 2.45) is 0 Å². The Morgan fingerprint density at radius 1 is 1.10 bits per heavy atom. The Morgan fingerprint density at radius 3 is 2.50 bits per heavy atom. The first-order chi connectivity index (χ1) is 19.1. The van der Waals surface area contributed by atoms with Crippen LogP contribution in [0.15, 0.2) is 60.8 Å². The molecule has 0 bridgehead atoms. The van der Waals surface area contributed by atoms with Gasteiger partial charge in [0.2, 0.25) is 0 Å². The molecule has 214 valence electrons. The number of pyridine rings is 1. The molecule has 4 rings (SSSR count). The normalized spacial score (nSPS) is 15.4. The number of amides is 1. The SMILES string of the molecule is COc1ccc2nccc([C@@H](O)CN3CCC(N(CC(=O)OCc4ccccc4)C(=O)OC(C)(C)C)CC3)c2c1. The molecule has 1 aromatic heterocycles. The van der Waals surface area contributed by atoms with Gasteiger partial charge in [-0.3, -0.25) is 14.7 Å². The number of hydrogen-bond donors (Lipinski definition) is 1. The number of hydrogen-bond acceptors (Lipinski definition) is 8. The molecule has 2 aromatic carbocycles. The Bertz CT molecular complexity index is 1290. The minimum absolute atomic E-state index is 0.147. The van der Waals surface area contributed by atoms with E-state index in [-0.39, 0.29) is 19.2 Å². The number of fused-ring (bicyclic) bond motifs is 1. The van der Waals surface area contributed by atoms with E-state index in [2.05, 4.69) is 9.88 Å². The Labute approximate surface area is 235 Å². The lowest BCUT2D eigenvalue weighted by atomic mass is 10.00. The molecule has 0 unspecified atom stereocenters. The molecular formula is C31H39N3O6. The highest BCUT2D eigenvalue weighted by atomic mass is 16.6. The highest BCUT2D eigenvalue weighted by Gasteiger charge is 2.33. The van der Waals surface area contributed by atoms with Gasteiger partial charge in [0.1, 0.15) is 24.5 Å². The van der Waals surface area contributed by atoms with Gasteiger partial charge in [-0.2, -0.15) is 0 Å². The molecule has 1 saturated heterocycles. The second-order valence-electron chi connectivity index (χ2n) is 11.1. The Balaban J connectivity index is 1.38. The largest absolute Gasteiger partial charge is 0.497 e. The van der Waals surface area contributed by atoms with Crippen molar-refractivity contribution < 1.29 is 28.9 Å². The number of rotatable bonds is 9. The summed E-state index contributed by atoms with van der Waals surface area (Å²) < 4.78 is 16.5. The van der Waals surface area contributed by atoms with E-state index in [0.29, 0.717) is 38.2 Å². The van der Waals surface area contributed by atoms with Crippen LogP contribution in [0, 0.1) is 0 Å². The van der Waals surface area contributed by atoms with Crippen LogP contribution < -0.4 is 4.74 Å². The number of piperidine rings is 1. The number of ether oxygens (including phenoxy) is 3. The molecule has 0 saturated carbocycles. The average molecular weight is 550 g/mol. The van der Waals surface area contributed by atoms with Gasteiger partial charge in [0.05, 0.1) is 18.7 Å². The molecule has 40 heavy (non-hydrogen) atoms. The van der Waals surface area contributed by atoms with Crippen molar-refractivity contribution in [1.29, 1.82) is 0 Å². The third-order valence-corrected chi connectivity index (χ3v) is 6.94. The van der Waals surface area contributed by atoms with E-state index in [0.717, 1.165) is 22.0 Å². The predicted molar refractivity (Wildman–Crippen MR) is 152 cm³/mol. The van der Waals surface area contributed by atoms with Gasteiger partial charge in [0, 0.05) is 37.3 Å².